The molecule has 1 aliphatic rings. The van der Waals surface area contributed by atoms with E-state index in [0.29, 0.717) is 5.69 Å². The van der Waals surface area contributed by atoms with Gasteiger partial charge in [0.2, 0.25) is 0 Å². The van der Waals surface area contributed by atoms with Gasteiger partial charge < -0.3 is 11.1 Å². The van der Waals surface area contributed by atoms with Gasteiger partial charge in [-0.05, 0) is 30.7 Å². The summed E-state index contributed by atoms with van der Waals surface area (Å²) in [4.78, 5) is 25.6. The molecular formula is C21H16N2O5S. The van der Waals surface area contributed by atoms with E-state index in [1.165, 1.54) is 12.1 Å². The Morgan fingerprint density at radius 2 is 1.52 bits per heavy atom. The van der Waals surface area contributed by atoms with Crippen LogP contribution in [0, 0.1) is 6.92 Å². The van der Waals surface area contributed by atoms with E-state index < -0.39 is 32.3 Å². The van der Waals surface area contributed by atoms with E-state index >= 15 is 0 Å². The molecule has 0 heterocycles. The van der Waals surface area contributed by atoms with E-state index in [2.05, 4.69) is 5.32 Å². The number of fused-ring (bicyclic) bond motifs is 2. The minimum Gasteiger partial charge on any atom is -0.397 e. The minimum atomic E-state index is -4.74. The van der Waals surface area contributed by atoms with Gasteiger partial charge in [-0.25, -0.2) is 0 Å². The Balaban J connectivity index is 2.03. The molecule has 1 aliphatic carbocycles. The van der Waals surface area contributed by atoms with E-state index in [0.717, 1.165) is 11.6 Å². The molecule has 3 aromatic rings. The lowest BCUT2D eigenvalue weighted by Gasteiger charge is -2.23. The maximum Gasteiger partial charge on any atom is 0.296 e. The van der Waals surface area contributed by atoms with Gasteiger partial charge in [0.15, 0.2) is 11.6 Å². The van der Waals surface area contributed by atoms with Crippen molar-refractivity contribution in [1.82, 2.24) is 0 Å². The largest absolute Gasteiger partial charge is 0.397 e. The molecule has 8 heteroatoms. The molecule has 0 aliphatic heterocycles. The van der Waals surface area contributed by atoms with Gasteiger partial charge in [-0.2, -0.15) is 8.42 Å². The number of nitrogens with two attached hydrogens (primary N) is 1. The first-order valence-electron chi connectivity index (χ1n) is 8.64. The fourth-order valence-corrected chi connectivity index (χ4v) is 4.13. The van der Waals surface area contributed by atoms with Crippen LogP contribution < -0.4 is 11.1 Å². The summed E-state index contributed by atoms with van der Waals surface area (Å²) in [5.74, 6) is -1.04. The predicted molar refractivity (Wildman–Crippen MR) is 108 cm³/mol. The summed E-state index contributed by atoms with van der Waals surface area (Å²) in [6.07, 6.45) is 0. The van der Waals surface area contributed by atoms with Crippen molar-refractivity contribution in [2.45, 2.75) is 11.8 Å². The molecule has 4 rings (SSSR count). The molecule has 29 heavy (non-hydrogen) atoms. The van der Waals surface area contributed by atoms with Gasteiger partial charge in [-0.1, -0.05) is 36.4 Å². The summed E-state index contributed by atoms with van der Waals surface area (Å²) in [5, 5.41) is 2.99. The first-order chi connectivity index (χ1) is 13.7. The highest BCUT2D eigenvalue weighted by molar-refractivity contribution is 7.86. The lowest BCUT2D eigenvalue weighted by Crippen LogP contribution is -2.25. The SMILES string of the molecule is Cc1cccc(Nc2cc(S(=O)(=O)O)c(N)c3c2C(=O)c2ccccc2C3=O)c1. The summed E-state index contributed by atoms with van der Waals surface area (Å²) in [5.41, 5.74) is 7.15. The summed E-state index contributed by atoms with van der Waals surface area (Å²) >= 11 is 0. The first kappa shape index (κ1) is 18.9. The van der Waals surface area contributed by atoms with Crippen molar-refractivity contribution in [2.24, 2.45) is 0 Å². The molecule has 146 valence electrons. The van der Waals surface area contributed by atoms with E-state index in [9.17, 15) is 22.6 Å². The number of hydrogen-bond donors (Lipinski definition) is 3. The van der Waals surface area contributed by atoms with Crippen LogP contribution in [-0.4, -0.2) is 24.5 Å². The molecule has 0 spiro atoms. The van der Waals surface area contributed by atoms with Crippen molar-refractivity contribution in [3.05, 3.63) is 82.4 Å². The number of aryl methyl sites for hydroxylation is 1. The van der Waals surface area contributed by atoms with Crippen molar-refractivity contribution in [2.75, 3.05) is 11.1 Å². The lowest BCUT2D eigenvalue weighted by atomic mass is 9.82. The minimum absolute atomic E-state index is 0.0277. The second kappa shape index (κ2) is 6.54. The molecular weight excluding hydrogens is 392 g/mol. The Morgan fingerprint density at radius 3 is 2.10 bits per heavy atom. The average molecular weight is 408 g/mol. The Morgan fingerprint density at radius 1 is 0.897 bits per heavy atom. The smallest absolute Gasteiger partial charge is 0.296 e. The summed E-state index contributed by atoms with van der Waals surface area (Å²) in [6, 6.07) is 14.5. The third-order valence-electron chi connectivity index (χ3n) is 4.77. The molecule has 0 aromatic heterocycles. The average Bonchev–Trinajstić information content (AvgIpc) is 2.66. The molecule has 4 N–H and O–H groups in total. The normalized spacial score (nSPS) is 13.0. The molecule has 0 atom stereocenters. The number of nitrogens with one attached hydrogen (secondary N) is 1. The van der Waals surface area contributed by atoms with Gasteiger partial charge in [-0.15, -0.1) is 0 Å². The highest BCUT2D eigenvalue weighted by Gasteiger charge is 2.36. The number of hydrogen-bond acceptors (Lipinski definition) is 6. The molecule has 7 nitrogen and oxygen atoms in total. The first-order valence-corrected chi connectivity index (χ1v) is 10.1. The molecule has 0 saturated carbocycles. The quantitative estimate of drug-likeness (QED) is 0.350. The second-order valence-corrected chi connectivity index (χ2v) is 8.15. The fraction of sp³-hybridized carbons (Fsp3) is 0.0476. The van der Waals surface area contributed by atoms with Crippen LogP contribution in [0.3, 0.4) is 0 Å². The van der Waals surface area contributed by atoms with Crippen molar-refractivity contribution in [3.63, 3.8) is 0 Å². The van der Waals surface area contributed by atoms with Crippen LogP contribution in [0.5, 0.6) is 0 Å². The molecule has 0 bridgehead atoms. The maximum absolute atomic E-state index is 13.2. The van der Waals surface area contributed by atoms with E-state index in [1.54, 1.807) is 30.3 Å². The summed E-state index contributed by atoms with van der Waals surface area (Å²) in [6.45, 7) is 1.87. The lowest BCUT2D eigenvalue weighted by molar-refractivity contribution is 0.0980. The number of rotatable bonds is 3. The highest BCUT2D eigenvalue weighted by atomic mass is 32.2. The number of carbonyl (C=O) groups is 2. The zero-order valence-electron chi connectivity index (χ0n) is 15.3. The van der Waals surface area contributed by atoms with Gasteiger partial charge in [0.05, 0.1) is 22.5 Å². The second-order valence-electron chi connectivity index (χ2n) is 6.76. The van der Waals surface area contributed by atoms with Crippen LogP contribution in [-0.2, 0) is 10.1 Å². The van der Waals surface area contributed by atoms with E-state index in [4.69, 9.17) is 5.73 Å². The van der Waals surface area contributed by atoms with Gasteiger partial charge in [0, 0.05) is 16.8 Å². The molecule has 0 unspecified atom stereocenters. The van der Waals surface area contributed by atoms with Crippen LogP contribution in [0.4, 0.5) is 17.1 Å². The van der Waals surface area contributed by atoms with Crippen molar-refractivity contribution in [1.29, 1.82) is 0 Å². The van der Waals surface area contributed by atoms with Gasteiger partial charge >= 0.3 is 0 Å². The topological polar surface area (TPSA) is 127 Å². The number of nitrogen functional groups attached to an aromatic ring is 1. The molecule has 0 amide bonds. The highest BCUT2D eigenvalue weighted by Crippen LogP contribution is 2.40. The Hall–Kier alpha value is -3.49. The standard InChI is InChI=1S/C21H16N2O5S/c1-11-5-4-6-12(9-11)23-15-10-16(29(26,27)28)19(22)18-17(15)20(24)13-7-2-3-8-14(13)21(18)25/h2-10,23H,22H2,1H3,(H,26,27,28). The Labute approximate surface area is 166 Å². The van der Waals surface area contributed by atoms with E-state index in [1.807, 2.05) is 13.0 Å². The fourth-order valence-electron chi connectivity index (χ4n) is 3.48. The summed E-state index contributed by atoms with van der Waals surface area (Å²) < 4.78 is 33.4. The molecule has 0 fully saturated rings. The monoisotopic (exact) mass is 408 g/mol. The van der Waals surface area contributed by atoms with Crippen molar-refractivity contribution < 1.29 is 22.6 Å². The van der Waals surface area contributed by atoms with Crippen LogP contribution in [0.25, 0.3) is 0 Å². The predicted octanol–water partition coefficient (Wildman–Crippen LogP) is 3.34. The van der Waals surface area contributed by atoms with Crippen LogP contribution >= 0.6 is 0 Å². The molecule has 0 radical (unpaired) electrons. The van der Waals surface area contributed by atoms with E-state index in [-0.39, 0.29) is 27.9 Å². The van der Waals surface area contributed by atoms with Crippen LogP contribution in [0.1, 0.15) is 37.4 Å². The number of anilines is 3. The van der Waals surface area contributed by atoms with Gasteiger partial charge in [0.25, 0.3) is 10.1 Å². The molecule has 3 aromatic carbocycles. The zero-order chi connectivity index (χ0) is 20.9. The number of benzene rings is 3. The Kier molecular flexibility index (Phi) is 4.25. The third-order valence-corrected chi connectivity index (χ3v) is 5.67. The number of carbonyl (C=O) groups excluding carboxylic acids is 2. The third kappa shape index (κ3) is 3.08. The Bertz CT molecular complexity index is 1310. The van der Waals surface area contributed by atoms with Gasteiger partial charge in [0.1, 0.15) is 4.90 Å². The maximum atomic E-state index is 13.2. The number of ketones is 2. The molecule has 0 saturated heterocycles. The van der Waals surface area contributed by atoms with Crippen LogP contribution in [0.2, 0.25) is 0 Å². The van der Waals surface area contributed by atoms with Crippen molar-refractivity contribution >= 4 is 38.7 Å². The summed E-state index contributed by atoms with van der Waals surface area (Å²) in [7, 11) is -4.74. The van der Waals surface area contributed by atoms with Crippen LogP contribution in [0.15, 0.2) is 59.5 Å². The van der Waals surface area contributed by atoms with Crippen molar-refractivity contribution in [3.8, 4) is 0 Å². The van der Waals surface area contributed by atoms with Gasteiger partial charge in [-0.3, -0.25) is 14.1 Å². The zero-order valence-corrected chi connectivity index (χ0v) is 16.1.